The predicted octanol–water partition coefficient (Wildman–Crippen LogP) is 3.59. The van der Waals surface area contributed by atoms with Gasteiger partial charge in [0.2, 0.25) is 0 Å². The SMILES string of the molecule is C=C(N)/C=C(\Cc1ccc(C)cc1)C(C)C. The first-order valence-electron chi connectivity index (χ1n) is 5.69. The molecule has 1 heteroatoms. The molecule has 0 heterocycles. The van der Waals surface area contributed by atoms with Crippen molar-refractivity contribution in [2.75, 3.05) is 0 Å². The molecule has 2 N–H and O–H groups in total. The fourth-order valence-corrected chi connectivity index (χ4v) is 1.60. The molecule has 16 heavy (non-hydrogen) atoms. The molecular weight excluding hydrogens is 194 g/mol. The van der Waals surface area contributed by atoms with E-state index in [2.05, 4.69) is 51.6 Å². The van der Waals surface area contributed by atoms with E-state index in [0.717, 1.165) is 6.42 Å². The van der Waals surface area contributed by atoms with Gasteiger partial charge in [0.05, 0.1) is 0 Å². The highest BCUT2D eigenvalue weighted by Gasteiger charge is 2.04. The lowest BCUT2D eigenvalue weighted by molar-refractivity contribution is 0.739. The maximum atomic E-state index is 5.64. The van der Waals surface area contributed by atoms with Crippen molar-refractivity contribution in [1.29, 1.82) is 0 Å². The van der Waals surface area contributed by atoms with Gasteiger partial charge in [-0.25, -0.2) is 0 Å². The zero-order valence-corrected chi connectivity index (χ0v) is 10.5. The molecule has 0 bridgehead atoms. The minimum absolute atomic E-state index is 0.501. The van der Waals surface area contributed by atoms with Gasteiger partial charge in [0.15, 0.2) is 0 Å². The fraction of sp³-hybridized carbons (Fsp3) is 0.333. The Labute approximate surface area is 98.7 Å². The number of hydrogen-bond donors (Lipinski definition) is 1. The van der Waals surface area contributed by atoms with Crippen LogP contribution in [0.4, 0.5) is 0 Å². The molecule has 0 aliphatic carbocycles. The molecule has 0 unspecified atom stereocenters. The molecule has 0 aliphatic heterocycles. The summed E-state index contributed by atoms with van der Waals surface area (Å²) in [5, 5.41) is 0. The molecular formula is C15H21N. The molecule has 0 spiro atoms. The number of aryl methyl sites for hydroxylation is 1. The highest BCUT2D eigenvalue weighted by atomic mass is 14.5. The maximum Gasteiger partial charge on any atom is 0.0240 e. The van der Waals surface area contributed by atoms with Gasteiger partial charge in [0.1, 0.15) is 0 Å². The summed E-state index contributed by atoms with van der Waals surface area (Å²) in [6.07, 6.45) is 2.94. The molecule has 0 aromatic heterocycles. The molecule has 0 saturated heterocycles. The van der Waals surface area contributed by atoms with E-state index in [1.165, 1.54) is 16.7 Å². The average Bonchev–Trinajstić information content (AvgIpc) is 2.19. The Morgan fingerprint density at radius 2 is 1.88 bits per heavy atom. The molecule has 1 nitrogen and oxygen atoms in total. The molecule has 1 aromatic rings. The third kappa shape index (κ3) is 3.93. The van der Waals surface area contributed by atoms with Crippen LogP contribution in [0.2, 0.25) is 0 Å². The highest BCUT2D eigenvalue weighted by Crippen LogP contribution is 2.17. The molecule has 0 radical (unpaired) electrons. The van der Waals surface area contributed by atoms with Crippen molar-refractivity contribution in [2.45, 2.75) is 27.2 Å². The van der Waals surface area contributed by atoms with E-state index in [4.69, 9.17) is 5.73 Å². The molecule has 0 atom stereocenters. The van der Waals surface area contributed by atoms with Crippen molar-refractivity contribution in [3.8, 4) is 0 Å². The molecule has 0 amide bonds. The van der Waals surface area contributed by atoms with Gasteiger partial charge in [-0.3, -0.25) is 0 Å². The molecule has 0 fully saturated rings. The largest absolute Gasteiger partial charge is 0.399 e. The third-order valence-electron chi connectivity index (χ3n) is 2.64. The Bertz CT molecular complexity index is 382. The smallest absolute Gasteiger partial charge is 0.0240 e. The summed E-state index contributed by atoms with van der Waals surface area (Å²) >= 11 is 0. The predicted molar refractivity (Wildman–Crippen MR) is 71.1 cm³/mol. The molecule has 0 saturated carbocycles. The molecule has 1 rings (SSSR count). The van der Waals surface area contributed by atoms with E-state index < -0.39 is 0 Å². The van der Waals surface area contributed by atoms with Crippen LogP contribution in [0.25, 0.3) is 0 Å². The lowest BCUT2D eigenvalue weighted by atomic mass is 9.94. The summed E-state index contributed by atoms with van der Waals surface area (Å²) in [5.41, 5.74) is 10.2. The van der Waals surface area contributed by atoms with Gasteiger partial charge >= 0.3 is 0 Å². The number of benzene rings is 1. The quantitative estimate of drug-likeness (QED) is 0.763. The number of rotatable bonds is 4. The lowest BCUT2D eigenvalue weighted by Gasteiger charge is -2.12. The lowest BCUT2D eigenvalue weighted by Crippen LogP contribution is -2.02. The van der Waals surface area contributed by atoms with Gasteiger partial charge in [-0.15, -0.1) is 0 Å². The van der Waals surface area contributed by atoms with Crippen molar-refractivity contribution < 1.29 is 0 Å². The second-order valence-corrected chi connectivity index (χ2v) is 4.61. The first-order valence-corrected chi connectivity index (χ1v) is 5.69. The van der Waals surface area contributed by atoms with Crippen LogP contribution in [0.15, 0.2) is 48.2 Å². The van der Waals surface area contributed by atoms with Crippen molar-refractivity contribution in [3.05, 3.63) is 59.3 Å². The monoisotopic (exact) mass is 215 g/mol. The van der Waals surface area contributed by atoms with Crippen LogP contribution in [-0.4, -0.2) is 0 Å². The van der Waals surface area contributed by atoms with E-state index >= 15 is 0 Å². The first-order chi connectivity index (χ1) is 7.49. The standard InChI is InChI=1S/C15H21N/c1-11(2)15(9-13(4)16)10-14-7-5-12(3)6-8-14/h5-9,11H,4,10,16H2,1-3H3/b15-9+. The van der Waals surface area contributed by atoms with Crippen LogP contribution in [0.3, 0.4) is 0 Å². The summed E-state index contributed by atoms with van der Waals surface area (Å²) < 4.78 is 0. The van der Waals surface area contributed by atoms with Gasteiger partial charge < -0.3 is 5.73 Å². The van der Waals surface area contributed by atoms with Crippen LogP contribution in [0, 0.1) is 12.8 Å². The van der Waals surface area contributed by atoms with Gasteiger partial charge in [-0.2, -0.15) is 0 Å². The normalized spacial score (nSPS) is 11.9. The van der Waals surface area contributed by atoms with Crippen LogP contribution in [-0.2, 0) is 6.42 Å². The summed E-state index contributed by atoms with van der Waals surface area (Å²) in [6.45, 7) is 10.2. The molecule has 1 aromatic carbocycles. The topological polar surface area (TPSA) is 26.0 Å². The Kier molecular flexibility index (Phi) is 4.36. The third-order valence-corrected chi connectivity index (χ3v) is 2.64. The Morgan fingerprint density at radius 3 is 2.31 bits per heavy atom. The Balaban J connectivity index is 2.84. The average molecular weight is 215 g/mol. The number of hydrogen-bond acceptors (Lipinski definition) is 1. The second kappa shape index (κ2) is 5.55. The zero-order valence-electron chi connectivity index (χ0n) is 10.5. The zero-order chi connectivity index (χ0) is 12.1. The Hall–Kier alpha value is -1.50. The van der Waals surface area contributed by atoms with Gasteiger partial charge in [0.25, 0.3) is 0 Å². The minimum Gasteiger partial charge on any atom is -0.399 e. The van der Waals surface area contributed by atoms with Gasteiger partial charge in [0, 0.05) is 5.70 Å². The maximum absolute atomic E-state index is 5.64. The summed E-state index contributed by atoms with van der Waals surface area (Å²) in [6, 6.07) is 8.63. The van der Waals surface area contributed by atoms with Crippen LogP contribution in [0.5, 0.6) is 0 Å². The van der Waals surface area contributed by atoms with Crippen molar-refractivity contribution in [3.63, 3.8) is 0 Å². The van der Waals surface area contributed by atoms with Crippen LogP contribution in [0.1, 0.15) is 25.0 Å². The van der Waals surface area contributed by atoms with E-state index in [1.807, 2.05) is 6.08 Å². The fourth-order valence-electron chi connectivity index (χ4n) is 1.60. The first kappa shape index (κ1) is 12.6. The number of nitrogens with two attached hydrogens (primary N) is 1. The highest BCUT2D eigenvalue weighted by molar-refractivity contribution is 5.29. The number of allylic oxidation sites excluding steroid dienone is 2. The molecule has 86 valence electrons. The molecule has 0 aliphatic rings. The Morgan fingerprint density at radius 1 is 1.31 bits per heavy atom. The van der Waals surface area contributed by atoms with Crippen molar-refractivity contribution >= 4 is 0 Å². The van der Waals surface area contributed by atoms with Crippen molar-refractivity contribution in [1.82, 2.24) is 0 Å². The van der Waals surface area contributed by atoms with E-state index in [9.17, 15) is 0 Å². The van der Waals surface area contributed by atoms with E-state index in [0.29, 0.717) is 11.6 Å². The van der Waals surface area contributed by atoms with Crippen molar-refractivity contribution in [2.24, 2.45) is 11.7 Å². The van der Waals surface area contributed by atoms with E-state index in [1.54, 1.807) is 0 Å². The van der Waals surface area contributed by atoms with Gasteiger partial charge in [-0.05, 0) is 30.9 Å². The van der Waals surface area contributed by atoms with Crippen LogP contribution >= 0.6 is 0 Å². The van der Waals surface area contributed by atoms with Gasteiger partial charge in [-0.1, -0.05) is 55.8 Å². The summed E-state index contributed by atoms with van der Waals surface area (Å²) in [7, 11) is 0. The summed E-state index contributed by atoms with van der Waals surface area (Å²) in [5.74, 6) is 0.501. The van der Waals surface area contributed by atoms with Crippen LogP contribution < -0.4 is 5.73 Å². The second-order valence-electron chi connectivity index (χ2n) is 4.61. The van der Waals surface area contributed by atoms with E-state index in [-0.39, 0.29) is 0 Å². The minimum atomic E-state index is 0.501. The summed E-state index contributed by atoms with van der Waals surface area (Å²) in [4.78, 5) is 0.